The van der Waals surface area contributed by atoms with Crippen LogP contribution in [0.3, 0.4) is 0 Å². The summed E-state index contributed by atoms with van der Waals surface area (Å²) < 4.78 is 0. The maximum atomic E-state index is 8.62. The van der Waals surface area contributed by atoms with E-state index in [1.807, 2.05) is 0 Å². The molecule has 0 aromatic carbocycles. The summed E-state index contributed by atoms with van der Waals surface area (Å²) in [5, 5.41) is 12.1. The largest absolute Gasteiger partial charge is 0.396 e. The van der Waals surface area contributed by atoms with Gasteiger partial charge in [0.2, 0.25) is 0 Å². The maximum Gasteiger partial charge on any atom is 0.0431 e. The van der Waals surface area contributed by atoms with E-state index in [1.54, 1.807) is 0 Å². The second-order valence-electron chi connectivity index (χ2n) is 5.37. The normalized spacial score (nSPS) is 12.4. The Morgan fingerprint density at radius 3 is 2.36 bits per heavy atom. The minimum Gasteiger partial charge on any atom is -0.396 e. The maximum absolute atomic E-state index is 8.62. The smallest absolute Gasteiger partial charge is 0.0431 e. The number of hydrogen-bond acceptors (Lipinski definition) is 2. The summed E-state index contributed by atoms with van der Waals surface area (Å²) in [6.45, 7) is 11.6. The summed E-state index contributed by atoms with van der Waals surface area (Å²) in [4.78, 5) is 0. The molecule has 0 saturated heterocycles. The highest BCUT2D eigenvalue weighted by molar-refractivity contribution is 4.72. The van der Waals surface area contributed by atoms with Gasteiger partial charge in [0.1, 0.15) is 0 Å². The first-order valence-corrected chi connectivity index (χ1v) is 5.79. The lowest BCUT2D eigenvalue weighted by atomic mass is 9.84. The number of nitrogens with one attached hydrogen (secondary N) is 1. The Bertz CT molecular complexity index is 132. The van der Waals surface area contributed by atoms with Crippen molar-refractivity contribution >= 4 is 0 Å². The molecule has 0 radical (unpaired) electrons. The molecule has 0 aromatic heterocycles. The van der Waals surface area contributed by atoms with Crippen molar-refractivity contribution < 1.29 is 5.11 Å². The predicted octanol–water partition coefficient (Wildman–Crippen LogP) is 2.42. The predicted molar refractivity (Wildman–Crippen MR) is 62.4 cm³/mol. The van der Waals surface area contributed by atoms with Gasteiger partial charge < -0.3 is 10.4 Å². The van der Waals surface area contributed by atoms with E-state index >= 15 is 0 Å². The van der Waals surface area contributed by atoms with Crippen LogP contribution in [0.5, 0.6) is 0 Å². The Kier molecular flexibility index (Phi) is 7.20. The second kappa shape index (κ2) is 7.24. The molecule has 0 fully saturated rings. The molecule has 0 saturated carbocycles. The summed E-state index contributed by atoms with van der Waals surface area (Å²) in [6, 6.07) is 0. The standard InChI is InChI=1S/C12H27NO/c1-11(2)9-12(3,4)10-13-7-5-6-8-14/h11,13-14H,5-10H2,1-4H3. The Morgan fingerprint density at radius 2 is 1.86 bits per heavy atom. The van der Waals surface area contributed by atoms with E-state index in [-0.39, 0.29) is 0 Å². The third-order valence-corrected chi connectivity index (χ3v) is 2.33. The molecule has 0 aliphatic heterocycles. The second-order valence-corrected chi connectivity index (χ2v) is 5.37. The van der Waals surface area contributed by atoms with Crippen molar-refractivity contribution in [3.63, 3.8) is 0 Å². The summed E-state index contributed by atoms with van der Waals surface area (Å²) in [5.74, 6) is 0.768. The first-order chi connectivity index (χ1) is 6.48. The first kappa shape index (κ1) is 13.9. The number of aliphatic hydroxyl groups excluding tert-OH is 1. The zero-order valence-electron chi connectivity index (χ0n) is 10.3. The van der Waals surface area contributed by atoms with Crippen LogP contribution in [0.2, 0.25) is 0 Å². The van der Waals surface area contributed by atoms with Gasteiger partial charge in [0.05, 0.1) is 0 Å². The van der Waals surface area contributed by atoms with Gasteiger partial charge in [-0.2, -0.15) is 0 Å². The van der Waals surface area contributed by atoms with Crippen LogP contribution >= 0.6 is 0 Å². The van der Waals surface area contributed by atoms with Crippen molar-refractivity contribution in [2.75, 3.05) is 19.7 Å². The number of rotatable bonds is 8. The van der Waals surface area contributed by atoms with Gasteiger partial charge in [-0.3, -0.25) is 0 Å². The van der Waals surface area contributed by atoms with Gasteiger partial charge in [-0.15, -0.1) is 0 Å². The summed E-state index contributed by atoms with van der Waals surface area (Å²) in [7, 11) is 0. The molecule has 0 amide bonds. The average molecular weight is 201 g/mol. The van der Waals surface area contributed by atoms with Crippen molar-refractivity contribution in [2.45, 2.75) is 47.0 Å². The van der Waals surface area contributed by atoms with Crippen LogP contribution in [-0.2, 0) is 0 Å². The summed E-state index contributed by atoms with van der Waals surface area (Å²) >= 11 is 0. The van der Waals surface area contributed by atoms with Crippen molar-refractivity contribution in [1.29, 1.82) is 0 Å². The lowest BCUT2D eigenvalue weighted by Crippen LogP contribution is -2.31. The summed E-state index contributed by atoms with van der Waals surface area (Å²) in [5.41, 5.74) is 0.396. The fourth-order valence-corrected chi connectivity index (χ4v) is 1.97. The molecule has 0 bridgehead atoms. The molecule has 2 N–H and O–H groups in total. The topological polar surface area (TPSA) is 32.3 Å². The van der Waals surface area contributed by atoms with Crippen molar-refractivity contribution in [2.24, 2.45) is 11.3 Å². The van der Waals surface area contributed by atoms with Gasteiger partial charge in [-0.25, -0.2) is 0 Å². The van der Waals surface area contributed by atoms with Crippen LogP contribution in [0.15, 0.2) is 0 Å². The summed E-state index contributed by atoms with van der Waals surface area (Å²) in [6.07, 6.45) is 3.26. The molecule has 0 aliphatic rings. The van der Waals surface area contributed by atoms with Crippen molar-refractivity contribution in [3.8, 4) is 0 Å². The van der Waals surface area contributed by atoms with E-state index in [0.717, 1.165) is 31.8 Å². The lowest BCUT2D eigenvalue weighted by molar-refractivity contribution is 0.264. The van der Waals surface area contributed by atoms with E-state index < -0.39 is 0 Å². The van der Waals surface area contributed by atoms with Crippen LogP contribution in [0.4, 0.5) is 0 Å². The van der Waals surface area contributed by atoms with E-state index in [1.165, 1.54) is 6.42 Å². The van der Waals surface area contributed by atoms with Gasteiger partial charge in [-0.1, -0.05) is 27.7 Å². The van der Waals surface area contributed by atoms with Crippen LogP contribution in [0.25, 0.3) is 0 Å². The quantitative estimate of drug-likeness (QED) is 0.591. The fourth-order valence-electron chi connectivity index (χ4n) is 1.97. The van der Waals surface area contributed by atoms with Gasteiger partial charge in [0.15, 0.2) is 0 Å². The van der Waals surface area contributed by atoms with Gasteiger partial charge in [0.25, 0.3) is 0 Å². The molecule has 0 rings (SSSR count). The SMILES string of the molecule is CC(C)CC(C)(C)CNCCCCO. The van der Waals surface area contributed by atoms with Gasteiger partial charge in [0, 0.05) is 13.2 Å². The highest BCUT2D eigenvalue weighted by atomic mass is 16.2. The van der Waals surface area contributed by atoms with E-state index in [4.69, 9.17) is 5.11 Å². The van der Waals surface area contributed by atoms with Crippen molar-refractivity contribution in [3.05, 3.63) is 0 Å². The monoisotopic (exact) mass is 201 g/mol. The molecule has 2 heteroatoms. The first-order valence-electron chi connectivity index (χ1n) is 5.79. The van der Waals surface area contributed by atoms with E-state index in [2.05, 4.69) is 33.0 Å². The highest BCUT2D eigenvalue weighted by Gasteiger charge is 2.18. The van der Waals surface area contributed by atoms with E-state index in [0.29, 0.717) is 12.0 Å². The molecular formula is C12H27NO. The van der Waals surface area contributed by atoms with Crippen LogP contribution < -0.4 is 5.32 Å². The molecule has 0 unspecified atom stereocenters. The van der Waals surface area contributed by atoms with Crippen LogP contribution in [0.1, 0.15) is 47.0 Å². The minimum absolute atomic E-state index is 0.317. The molecule has 14 heavy (non-hydrogen) atoms. The Hall–Kier alpha value is -0.0800. The molecule has 0 spiro atoms. The van der Waals surface area contributed by atoms with Crippen molar-refractivity contribution in [1.82, 2.24) is 5.32 Å². The number of aliphatic hydroxyl groups is 1. The third-order valence-electron chi connectivity index (χ3n) is 2.33. The molecular weight excluding hydrogens is 174 g/mol. The fraction of sp³-hybridized carbons (Fsp3) is 1.00. The van der Waals surface area contributed by atoms with Crippen LogP contribution in [-0.4, -0.2) is 24.8 Å². The molecule has 0 aromatic rings. The van der Waals surface area contributed by atoms with E-state index in [9.17, 15) is 0 Å². The third kappa shape index (κ3) is 8.52. The Balaban J connectivity index is 3.45. The average Bonchev–Trinajstić information content (AvgIpc) is 2.01. The molecule has 86 valence electrons. The zero-order valence-corrected chi connectivity index (χ0v) is 10.3. The molecule has 0 heterocycles. The van der Waals surface area contributed by atoms with Gasteiger partial charge >= 0.3 is 0 Å². The lowest BCUT2D eigenvalue weighted by Gasteiger charge is -2.27. The zero-order chi connectivity index (χ0) is 11.0. The van der Waals surface area contributed by atoms with Crippen LogP contribution in [0, 0.1) is 11.3 Å². The molecule has 2 nitrogen and oxygen atoms in total. The molecule has 0 atom stereocenters. The number of unbranched alkanes of at least 4 members (excludes halogenated alkanes) is 1. The Morgan fingerprint density at radius 1 is 1.21 bits per heavy atom. The minimum atomic E-state index is 0.317. The van der Waals surface area contributed by atoms with Gasteiger partial charge in [-0.05, 0) is 37.1 Å². The Labute approximate surface area is 89.1 Å². The molecule has 0 aliphatic carbocycles. The highest BCUT2D eigenvalue weighted by Crippen LogP contribution is 2.23. The number of hydrogen-bond donors (Lipinski definition) is 2.